The van der Waals surface area contributed by atoms with Gasteiger partial charge in [0.05, 0.1) is 12.1 Å². The fraction of sp³-hybridized carbons (Fsp3) is 0.400. The van der Waals surface area contributed by atoms with Gasteiger partial charge in [0, 0.05) is 18.7 Å². The van der Waals surface area contributed by atoms with E-state index in [9.17, 15) is 9.59 Å². The average molecular weight is 317 g/mol. The molecule has 0 fully saturated rings. The zero-order valence-corrected chi connectivity index (χ0v) is 13.1. The van der Waals surface area contributed by atoms with Gasteiger partial charge in [-0.15, -0.1) is 5.10 Å². The minimum Gasteiger partial charge on any atom is -0.481 e. The van der Waals surface area contributed by atoms with Crippen molar-refractivity contribution in [1.29, 1.82) is 0 Å². The van der Waals surface area contributed by atoms with E-state index in [1.165, 1.54) is 11.0 Å². The van der Waals surface area contributed by atoms with Crippen LogP contribution < -0.4 is 0 Å². The Bertz CT molecular complexity index is 652. The van der Waals surface area contributed by atoms with Crippen LogP contribution >= 0.6 is 0 Å². The molecular weight excluding hydrogens is 298 g/mol. The van der Waals surface area contributed by atoms with Gasteiger partial charge in [-0.05, 0) is 40.6 Å². The summed E-state index contributed by atoms with van der Waals surface area (Å²) in [7, 11) is 0. The molecule has 8 nitrogen and oxygen atoms in total. The SMILES string of the molecule is CC(C)CN(CCC(=O)O)C(=O)c1ccc(-n2cnnn2)cc1. The normalized spacial score (nSPS) is 10.7. The van der Waals surface area contributed by atoms with Gasteiger partial charge in [0.1, 0.15) is 6.33 Å². The second kappa shape index (κ2) is 7.48. The third-order valence-corrected chi connectivity index (χ3v) is 3.20. The third-order valence-electron chi connectivity index (χ3n) is 3.20. The molecule has 23 heavy (non-hydrogen) atoms. The fourth-order valence-electron chi connectivity index (χ4n) is 2.17. The first-order chi connectivity index (χ1) is 11.0. The van der Waals surface area contributed by atoms with Gasteiger partial charge in [0.2, 0.25) is 0 Å². The Labute approximate surface area is 133 Å². The summed E-state index contributed by atoms with van der Waals surface area (Å²) >= 11 is 0. The second-order valence-corrected chi connectivity index (χ2v) is 5.59. The van der Waals surface area contributed by atoms with Crippen molar-refractivity contribution in [1.82, 2.24) is 25.1 Å². The number of carbonyl (C=O) groups excluding carboxylic acids is 1. The molecule has 0 unspecified atom stereocenters. The van der Waals surface area contributed by atoms with Crippen LogP contribution in [0.4, 0.5) is 0 Å². The largest absolute Gasteiger partial charge is 0.481 e. The van der Waals surface area contributed by atoms with Gasteiger partial charge in [-0.2, -0.15) is 0 Å². The molecule has 2 rings (SSSR count). The second-order valence-electron chi connectivity index (χ2n) is 5.59. The first-order valence-corrected chi connectivity index (χ1v) is 7.32. The van der Waals surface area contributed by atoms with Gasteiger partial charge in [0.25, 0.3) is 5.91 Å². The van der Waals surface area contributed by atoms with Crippen LogP contribution in [0.5, 0.6) is 0 Å². The van der Waals surface area contributed by atoms with Crippen molar-refractivity contribution in [3.05, 3.63) is 36.2 Å². The maximum absolute atomic E-state index is 12.6. The zero-order valence-electron chi connectivity index (χ0n) is 13.1. The number of hydrogen-bond donors (Lipinski definition) is 1. The lowest BCUT2D eigenvalue weighted by molar-refractivity contribution is -0.137. The average Bonchev–Trinajstić information content (AvgIpc) is 3.05. The van der Waals surface area contributed by atoms with E-state index in [0.29, 0.717) is 12.1 Å². The number of carbonyl (C=O) groups is 2. The minimum atomic E-state index is -0.916. The standard InChI is InChI=1S/C15H19N5O3/c1-11(2)9-19(8-7-14(21)22)15(23)12-3-5-13(6-4-12)20-10-16-17-18-20/h3-6,10-11H,7-9H2,1-2H3,(H,21,22). The molecule has 0 saturated heterocycles. The number of hydrogen-bond acceptors (Lipinski definition) is 5. The first-order valence-electron chi connectivity index (χ1n) is 7.32. The molecule has 0 aliphatic carbocycles. The molecule has 0 atom stereocenters. The van der Waals surface area contributed by atoms with Crippen molar-refractivity contribution >= 4 is 11.9 Å². The maximum atomic E-state index is 12.6. The van der Waals surface area contributed by atoms with E-state index in [-0.39, 0.29) is 24.8 Å². The Kier molecular flexibility index (Phi) is 5.40. The molecule has 0 saturated carbocycles. The number of rotatable bonds is 7. The molecular formula is C15H19N5O3. The number of benzene rings is 1. The van der Waals surface area contributed by atoms with Crippen molar-refractivity contribution in [3.63, 3.8) is 0 Å². The molecule has 0 spiro atoms. The summed E-state index contributed by atoms with van der Waals surface area (Å²) in [4.78, 5) is 24.9. The number of carboxylic acids is 1. The lowest BCUT2D eigenvalue weighted by Crippen LogP contribution is -2.36. The Morgan fingerprint density at radius 3 is 2.48 bits per heavy atom. The van der Waals surface area contributed by atoms with Crippen molar-refractivity contribution in [2.75, 3.05) is 13.1 Å². The van der Waals surface area contributed by atoms with Gasteiger partial charge in [-0.25, -0.2) is 4.68 Å². The predicted molar refractivity (Wildman–Crippen MR) is 82.1 cm³/mol. The summed E-state index contributed by atoms with van der Waals surface area (Å²) in [5.41, 5.74) is 1.25. The zero-order chi connectivity index (χ0) is 16.8. The lowest BCUT2D eigenvalue weighted by atomic mass is 10.1. The smallest absolute Gasteiger partial charge is 0.305 e. The summed E-state index contributed by atoms with van der Waals surface area (Å²) in [6.45, 7) is 4.69. The predicted octanol–water partition coefficient (Wildman–Crippen LogP) is 1.24. The Morgan fingerprint density at radius 2 is 1.96 bits per heavy atom. The number of aromatic nitrogens is 4. The van der Waals surface area contributed by atoms with Gasteiger partial charge in [-0.3, -0.25) is 9.59 Å². The molecule has 1 heterocycles. The number of carboxylic acid groups (broad SMARTS) is 1. The molecule has 2 aromatic rings. The molecule has 8 heteroatoms. The maximum Gasteiger partial charge on any atom is 0.305 e. The molecule has 1 amide bonds. The van der Waals surface area contributed by atoms with Crippen LogP contribution in [-0.4, -0.2) is 55.2 Å². The minimum absolute atomic E-state index is 0.0683. The monoisotopic (exact) mass is 317 g/mol. The number of amides is 1. The topological polar surface area (TPSA) is 101 Å². The van der Waals surface area contributed by atoms with E-state index >= 15 is 0 Å². The Morgan fingerprint density at radius 1 is 1.26 bits per heavy atom. The lowest BCUT2D eigenvalue weighted by Gasteiger charge is -2.24. The quantitative estimate of drug-likeness (QED) is 0.824. The van der Waals surface area contributed by atoms with Crippen molar-refractivity contribution < 1.29 is 14.7 Å². The molecule has 1 aromatic carbocycles. The van der Waals surface area contributed by atoms with E-state index in [1.807, 2.05) is 13.8 Å². The van der Waals surface area contributed by atoms with Gasteiger partial charge in [-0.1, -0.05) is 13.8 Å². The highest BCUT2D eigenvalue weighted by Gasteiger charge is 2.18. The first kappa shape index (κ1) is 16.6. The van der Waals surface area contributed by atoms with Crippen LogP contribution in [0.25, 0.3) is 5.69 Å². The van der Waals surface area contributed by atoms with Gasteiger partial charge < -0.3 is 10.0 Å². The van der Waals surface area contributed by atoms with Gasteiger partial charge >= 0.3 is 5.97 Å². The van der Waals surface area contributed by atoms with E-state index in [4.69, 9.17) is 5.11 Å². The molecule has 1 N–H and O–H groups in total. The van der Waals surface area contributed by atoms with Crippen LogP contribution in [-0.2, 0) is 4.79 Å². The summed E-state index contributed by atoms with van der Waals surface area (Å²) in [5, 5.41) is 19.7. The summed E-state index contributed by atoms with van der Waals surface area (Å²) < 4.78 is 1.49. The van der Waals surface area contributed by atoms with E-state index in [2.05, 4.69) is 15.5 Å². The highest BCUT2D eigenvalue weighted by molar-refractivity contribution is 5.94. The number of tetrazole rings is 1. The Hall–Kier alpha value is -2.77. The number of aliphatic carboxylic acids is 1. The van der Waals surface area contributed by atoms with Crippen LogP contribution in [0.2, 0.25) is 0 Å². The van der Waals surface area contributed by atoms with Crippen molar-refractivity contribution in [3.8, 4) is 5.69 Å². The number of nitrogens with zero attached hydrogens (tertiary/aromatic N) is 5. The molecule has 1 aromatic heterocycles. The summed E-state index contributed by atoms with van der Waals surface area (Å²) in [5.74, 6) is -0.836. The molecule has 122 valence electrons. The van der Waals surface area contributed by atoms with E-state index in [0.717, 1.165) is 5.69 Å². The van der Waals surface area contributed by atoms with Crippen molar-refractivity contribution in [2.24, 2.45) is 5.92 Å². The van der Waals surface area contributed by atoms with Crippen LogP contribution in [0.3, 0.4) is 0 Å². The van der Waals surface area contributed by atoms with E-state index < -0.39 is 5.97 Å². The molecule has 0 aliphatic rings. The highest BCUT2D eigenvalue weighted by Crippen LogP contribution is 2.12. The van der Waals surface area contributed by atoms with E-state index in [1.54, 1.807) is 29.2 Å². The van der Waals surface area contributed by atoms with Crippen LogP contribution in [0.1, 0.15) is 30.6 Å². The summed E-state index contributed by atoms with van der Waals surface area (Å²) in [6, 6.07) is 6.86. The summed E-state index contributed by atoms with van der Waals surface area (Å²) in [6.07, 6.45) is 1.40. The van der Waals surface area contributed by atoms with Crippen LogP contribution in [0.15, 0.2) is 30.6 Å². The molecule has 0 aliphatic heterocycles. The molecule has 0 bridgehead atoms. The fourth-order valence-corrected chi connectivity index (χ4v) is 2.17. The third kappa shape index (κ3) is 4.60. The van der Waals surface area contributed by atoms with Gasteiger partial charge in [0.15, 0.2) is 0 Å². The van der Waals surface area contributed by atoms with Crippen molar-refractivity contribution in [2.45, 2.75) is 20.3 Å². The highest BCUT2D eigenvalue weighted by atomic mass is 16.4. The molecule has 0 radical (unpaired) electrons. The van der Waals surface area contributed by atoms with Crippen LogP contribution in [0, 0.1) is 5.92 Å². The Balaban J connectivity index is 2.13.